The monoisotopic (exact) mass is 273 g/mol. The Morgan fingerprint density at radius 1 is 1.26 bits per heavy atom. The van der Waals surface area contributed by atoms with Crippen LogP contribution in [0.5, 0.6) is 6.01 Å². The molecule has 0 saturated carbocycles. The quantitative estimate of drug-likeness (QED) is 0.825. The van der Waals surface area contributed by atoms with Gasteiger partial charge in [-0.25, -0.2) is 4.98 Å². The second-order valence-corrected chi connectivity index (χ2v) is 5.02. The first-order chi connectivity index (χ1) is 9.02. The molecule has 7 heteroatoms. The van der Waals surface area contributed by atoms with Gasteiger partial charge >= 0.3 is 12.2 Å². The topological polar surface area (TPSA) is 38.2 Å². The first kappa shape index (κ1) is 12.7. The van der Waals surface area contributed by atoms with Gasteiger partial charge in [0, 0.05) is 12.7 Å². The van der Waals surface area contributed by atoms with Gasteiger partial charge in [-0.15, -0.1) is 0 Å². The van der Waals surface area contributed by atoms with Crippen LogP contribution in [0.3, 0.4) is 0 Å². The molecule has 0 radical (unpaired) electrons. The molecule has 4 heterocycles. The summed E-state index contributed by atoms with van der Waals surface area (Å²) in [6.07, 6.45) is -1.40. The number of hydrogen-bond acceptors (Lipinski definition) is 4. The number of hydrogen-bond donors (Lipinski definition) is 0. The van der Waals surface area contributed by atoms with Crippen molar-refractivity contribution in [3.05, 3.63) is 18.0 Å². The zero-order chi connectivity index (χ0) is 13.5. The molecule has 0 aliphatic carbocycles. The van der Waals surface area contributed by atoms with Gasteiger partial charge in [-0.3, -0.25) is 4.90 Å². The third kappa shape index (κ3) is 2.65. The fourth-order valence-corrected chi connectivity index (χ4v) is 2.74. The van der Waals surface area contributed by atoms with E-state index in [2.05, 4.69) is 14.9 Å². The van der Waals surface area contributed by atoms with Crippen molar-refractivity contribution in [2.45, 2.75) is 25.1 Å². The SMILES string of the molecule is FC(F)(F)c1ccnc(OC2CN3CCC2CC3)n1. The normalized spacial score (nSPS) is 30.4. The van der Waals surface area contributed by atoms with E-state index in [0.717, 1.165) is 44.7 Å². The van der Waals surface area contributed by atoms with Crippen molar-refractivity contribution < 1.29 is 17.9 Å². The van der Waals surface area contributed by atoms with Gasteiger partial charge in [-0.1, -0.05) is 0 Å². The molecule has 19 heavy (non-hydrogen) atoms. The number of piperidine rings is 3. The van der Waals surface area contributed by atoms with Gasteiger partial charge < -0.3 is 4.74 Å². The fraction of sp³-hybridized carbons (Fsp3) is 0.667. The first-order valence-corrected chi connectivity index (χ1v) is 6.31. The molecule has 3 fully saturated rings. The molecule has 3 saturated heterocycles. The van der Waals surface area contributed by atoms with Crippen molar-refractivity contribution in [1.29, 1.82) is 0 Å². The number of ether oxygens (including phenoxy) is 1. The van der Waals surface area contributed by atoms with Crippen molar-refractivity contribution in [2.75, 3.05) is 19.6 Å². The molecular formula is C12H14F3N3O. The van der Waals surface area contributed by atoms with E-state index in [1.165, 1.54) is 0 Å². The molecular weight excluding hydrogens is 259 g/mol. The smallest absolute Gasteiger partial charge is 0.433 e. The predicted octanol–water partition coefficient (Wildman–Crippen LogP) is 1.97. The molecule has 0 amide bonds. The standard InChI is InChI=1S/C12H14F3N3O/c13-12(14,15)10-1-4-16-11(17-10)19-9-7-18-5-2-8(9)3-6-18/h1,4,8-9H,2-3,5-7H2. The molecule has 3 aliphatic rings. The highest BCUT2D eigenvalue weighted by Gasteiger charge is 2.37. The largest absolute Gasteiger partial charge is 0.458 e. The van der Waals surface area contributed by atoms with E-state index in [1.54, 1.807) is 0 Å². The Morgan fingerprint density at radius 2 is 2.00 bits per heavy atom. The predicted molar refractivity (Wildman–Crippen MR) is 60.6 cm³/mol. The van der Waals surface area contributed by atoms with Crippen LogP contribution >= 0.6 is 0 Å². The maximum atomic E-state index is 12.5. The maximum absolute atomic E-state index is 12.5. The highest BCUT2D eigenvalue weighted by molar-refractivity contribution is 5.09. The maximum Gasteiger partial charge on any atom is 0.433 e. The lowest BCUT2D eigenvalue weighted by Crippen LogP contribution is -2.52. The van der Waals surface area contributed by atoms with Crippen molar-refractivity contribution >= 4 is 0 Å². The summed E-state index contributed by atoms with van der Waals surface area (Å²) in [5, 5.41) is 0. The van der Waals surface area contributed by atoms with Crippen molar-refractivity contribution in [3.63, 3.8) is 0 Å². The summed E-state index contributed by atoms with van der Waals surface area (Å²) in [6.45, 7) is 2.85. The first-order valence-electron chi connectivity index (χ1n) is 6.31. The van der Waals surface area contributed by atoms with Crippen molar-refractivity contribution in [2.24, 2.45) is 5.92 Å². The number of nitrogens with zero attached hydrogens (tertiary/aromatic N) is 3. The van der Waals surface area contributed by atoms with Crippen LogP contribution in [0.2, 0.25) is 0 Å². The summed E-state index contributed by atoms with van der Waals surface area (Å²) >= 11 is 0. The third-order valence-electron chi connectivity index (χ3n) is 3.78. The zero-order valence-electron chi connectivity index (χ0n) is 10.2. The van der Waals surface area contributed by atoms with Crippen LogP contribution < -0.4 is 4.74 Å². The van der Waals surface area contributed by atoms with Crippen LogP contribution in [-0.4, -0.2) is 40.6 Å². The van der Waals surface area contributed by atoms with Gasteiger partial charge in [0.05, 0.1) is 0 Å². The minimum Gasteiger partial charge on any atom is -0.458 e. The Kier molecular flexibility index (Phi) is 3.08. The highest BCUT2D eigenvalue weighted by atomic mass is 19.4. The molecule has 104 valence electrons. The average molecular weight is 273 g/mol. The zero-order valence-corrected chi connectivity index (χ0v) is 10.2. The minimum absolute atomic E-state index is 0.0917. The van der Waals surface area contributed by atoms with E-state index in [0.29, 0.717) is 5.92 Å². The van der Waals surface area contributed by atoms with Gasteiger partial charge in [0.25, 0.3) is 0 Å². The van der Waals surface area contributed by atoms with Crippen LogP contribution in [0.1, 0.15) is 18.5 Å². The van der Waals surface area contributed by atoms with Gasteiger partial charge in [0.2, 0.25) is 0 Å². The molecule has 4 nitrogen and oxygen atoms in total. The van der Waals surface area contributed by atoms with E-state index in [4.69, 9.17) is 4.74 Å². The van der Waals surface area contributed by atoms with Crippen LogP contribution in [0.4, 0.5) is 13.2 Å². The summed E-state index contributed by atoms with van der Waals surface area (Å²) in [5.41, 5.74) is -0.959. The Hall–Kier alpha value is -1.37. The molecule has 1 aromatic heterocycles. The molecule has 0 spiro atoms. The second kappa shape index (κ2) is 4.63. The summed E-state index contributed by atoms with van der Waals surface area (Å²) in [7, 11) is 0. The third-order valence-corrected chi connectivity index (χ3v) is 3.78. The van der Waals surface area contributed by atoms with E-state index in [1.807, 2.05) is 0 Å². The highest BCUT2D eigenvalue weighted by Crippen LogP contribution is 2.31. The van der Waals surface area contributed by atoms with Crippen molar-refractivity contribution in [3.8, 4) is 6.01 Å². The molecule has 0 aromatic carbocycles. The molecule has 1 atom stereocenters. The van der Waals surface area contributed by atoms with E-state index in [-0.39, 0.29) is 12.1 Å². The van der Waals surface area contributed by atoms with E-state index < -0.39 is 11.9 Å². The molecule has 2 bridgehead atoms. The van der Waals surface area contributed by atoms with Crippen LogP contribution in [0.15, 0.2) is 12.3 Å². The van der Waals surface area contributed by atoms with Gasteiger partial charge in [-0.2, -0.15) is 18.2 Å². The van der Waals surface area contributed by atoms with Gasteiger partial charge in [-0.05, 0) is 37.9 Å². The summed E-state index contributed by atoms with van der Waals surface area (Å²) in [6, 6.07) is 0.678. The molecule has 3 aliphatic heterocycles. The lowest BCUT2D eigenvalue weighted by molar-refractivity contribution is -0.141. The van der Waals surface area contributed by atoms with E-state index >= 15 is 0 Å². The minimum atomic E-state index is -4.46. The number of fused-ring (bicyclic) bond motifs is 3. The van der Waals surface area contributed by atoms with Crippen LogP contribution in [0.25, 0.3) is 0 Å². The van der Waals surface area contributed by atoms with Crippen LogP contribution in [0, 0.1) is 5.92 Å². The molecule has 0 N–H and O–H groups in total. The summed E-state index contributed by atoms with van der Waals surface area (Å²) in [5.74, 6) is 0.406. The lowest BCUT2D eigenvalue weighted by Gasteiger charge is -2.43. The number of alkyl halides is 3. The number of rotatable bonds is 2. The van der Waals surface area contributed by atoms with E-state index in [9.17, 15) is 13.2 Å². The van der Waals surface area contributed by atoms with Crippen LogP contribution in [-0.2, 0) is 6.18 Å². The fourth-order valence-electron chi connectivity index (χ4n) is 2.74. The van der Waals surface area contributed by atoms with Crippen molar-refractivity contribution in [1.82, 2.24) is 14.9 Å². The lowest BCUT2D eigenvalue weighted by atomic mass is 9.86. The Balaban J connectivity index is 1.73. The molecule has 1 aromatic rings. The second-order valence-electron chi connectivity index (χ2n) is 5.02. The van der Waals surface area contributed by atoms with Gasteiger partial charge in [0.15, 0.2) is 5.69 Å². The Morgan fingerprint density at radius 3 is 2.58 bits per heavy atom. The molecule has 4 rings (SSSR count). The summed E-state index contributed by atoms with van der Waals surface area (Å²) in [4.78, 5) is 9.49. The number of halogens is 3. The Bertz CT molecular complexity index is 458. The number of aromatic nitrogens is 2. The average Bonchev–Trinajstić information content (AvgIpc) is 2.39. The van der Waals surface area contributed by atoms with Gasteiger partial charge in [0.1, 0.15) is 6.10 Å². The molecule has 1 unspecified atom stereocenters. The Labute approximate surface area is 108 Å². The summed E-state index contributed by atoms with van der Waals surface area (Å²) < 4.78 is 43.2.